The van der Waals surface area contributed by atoms with Gasteiger partial charge in [-0.1, -0.05) is 18.2 Å². The van der Waals surface area contributed by atoms with E-state index >= 15 is 0 Å². The Hall–Kier alpha value is -2.69. The monoisotopic (exact) mass is 275 g/mol. The minimum absolute atomic E-state index is 0.180. The number of benzene rings is 2. The molecule has 0 atom stereocenters. The fourth-order valence-electron chi connectivity index (χ4n) is 1.42. The minimum atomic E-state index is -1.27. The van der Waals surface area contributed by atoms with Gasteiger partial charge in [0.15, 0.2) is 0 Å². The maximum absolute atomic E-state index is 10.3. The number of anilines is 1. The van der Waals surface area contributed by atoms with Crippen LogP contribution < -0.4 is 4.90 Å². The molecule has 0 radical (unpaired) electrons. The van der Waals surface area contributed by atoms with Gasteiger partial charge < -0.3 is 20.2 Å². The number of hydrogen-bond acceptors (Lipinski definition) is 4. The minimum Gasteiger partial charge on any atom is -0.508 e. The summed E-state index contributed by atoms with van der Waals surface area (Å²) in [6.07, 6.45) is 0. The predicted molar refractivity (Wildman–Crippen MR) is 77.5 cm³/mol. The van der Waals surface area contributed by atoms with E-state index in [0.29, 0.717) is 0 Å². The molecule has 0 aromatic heterocycles. The molecule has 106 valence electrons. The number of carbonyl (C=O) groups is 1. The number of phenolic OH excluding ortho intramolecular Hbond substituents is 1. The molecule has 0 saturated carbocycles. The van der Waals surface area contributed by atoms with Gasteiger partial charge in [-0.25, -0.2) is 4.79 Å². The van der Waals surface area contributed by atoms with Crippen molar-refractivity contribution >= 4 is 11.7 Å². The number of carboxylic acids is 1. The Morgan fingerprint density at radius 1 is 1.00 bits per heavy atom. The molecule has 2 rings (SSSR count). The van der Waals surface area contributed by atoms with Gasteiger partial charge in [-0.3, -0.25) is 0 Å². The summed E-state index contributed by atoms with van der Waals surface area (Å²) >= 11 is 0. The summed E-state index contributed by atoms with van der Waals surface area (Å²) in [5.74, 6) is -1.80. The van der Waals surface area contributed by atoms with Crippen molar-refractivity contribution in [2.75, 3.05) is 19.0 Å². The molecule has 2 aromatic carbocycles. The summed E-state index contributed by atoms with van der Waals surface area (Å²) in [5.41, 5.74) is 0.947. The number of phenols is 2. The second-order valence-corrected chi connectivity index (χ2v) is 4.24. The highest BCUT2D eigenvalue weighted by Gasteiger charge is 2.08. The Labute approximate surface area is 117 Å². The first-order valence-corrected chi connectivity index (χ1v) is 5.89. The number of hydrogen-bond donors (Lipinski definition) is 3. The van der Waals surface area contributed by atoms with Crippen molar-refractivity contribution in [3.05, 3.63) is 54.1 Å². The third-order valence-corrected chi connectivity index (χ3v) is 2.48. The molecule has 0 amide bonds. The van der Waals surface area contributed by atoms with E-state index in [1.807, 2.05) is 32.3 Å². The van der Waals surface area contributed by atoms with Crippen molar-refractivity contribution in [3.8, 4) is 11.5 Å². The Morgan fingerprint density at radius 2 is 1.60 bits per heavy atom. The standard InChI is InChI=1S/C8H11N.C7H6O4/c1-9(2)8-6-4-3-5-7-8;8-4-1-2-6(9)5(3-4)7(10)11/h3-7H,1-2H3;1-3,8-9H,(H,10,11). The van der Waals surface area contributed by atoms with Crippen LogP contribution in [0, 0.1) is 0 Å². The molecule has 0 saturated heterocycles. The van der Waals surface area contributed by atoms with Crippen LogP contribution in [0.5, 0.6) is 11.5 Å². The van der Waals surface area contributed by atoms with E-state index in [1.165, 1.54) is 11.8 Å². The van der Waals surface area contributed by atoms with Crippen molar-refractivity contribution in [2.45, 2.75) is 0 Å². The molecule has 0 unspecified atom stereocenters. The summed E-state index contributed by atoms with van der Waals surface area (Å²) in [5, 5.41) is 26.1. The van der Waals surface area contributed by atoms with Crippen LogP contribution in [0.15, 0.2) is 48.5 Å². The fraction of sp³-hybridized carbons (Fsp3) is 0.133. The highest BCUT2D eigenvalue weighted by atomic mass is 16.4. The quantitative estimate of drug-likeness (QED) is 0.734. The SMILES string of the molecule is CN(C)c1ccccc1.O=C(O)c1cc(O)ccc1O. The molecular formula is C15H17NO4. The second kappa shape index (κ2) is 7.04. The first-order valence-electron chi connectivity index (χ1n) is 5.89. The molecule has 3 N–H and O–H groups in total. The maximum Gasteiger partial charge on any atom is 0.339 e. The Balaban J connectivity index is 0.000000204. The van der Waals surface area contributed by atoms with Crippen molar-refractivity contribution in [2.24, 2.45) is 0 Å². The van der Waals surface area contributed by atoms with Crippen LogP contribution in [0.25, 0.3) is 0 Å². The first-order chi connectivity index (χ1) is 9.41. The van der Waals surface area contributed by atoms with Crippen LogP contribution in [-0.2, 0) is 0 Å². The molecule has 0 bridgehead atoms. The van der Waals surface area contributed by atoms with E-state index in [2.05, 4.69) is 17.0 Å². The van der Waals surface area contributed by atoms with Gasteiger partial charge in [-0.2, -0.15) is 0 Å². The van der Waals surface area contributed by atoms with Gasteiger partial charge in [0.1, 0.15) is 17.1 Å². The average molecular weight is 275 g/mol. The summed E-state index contributed by atoms with van der Waals surface area (Å²) in [6, 6.07) is 13.6. The summed E-state index contributed by atoms with van der Waals surface area (Å²) < 4.78 is 0. The molecule has 5 nitrogen and oxygen atoms in total. The Kier molecular flexibility index (Phi) is 5.41. The number of para-hydroxylation sites is 1. The van der Waals surface area contributed by atoms with Crippen LogP contribution >= 0.6 is 0 Å². The number of aromatic carboxylic acids is 1. The Morgan fingerprint density at radius 3 is 2.00 bits per heavy atom. The van der Waals surface area contributed by atoms with Crippen LogP contribution in [-0.4, -0.2) is 35.4 Å². The maximum atomic E-state index is 10.3. The van der Waals surface area contributed by atoms with Crippen molar-refractivity contribution in [1.29, 1.82) is 0 Å². The molecule has 0 spiro atoms. The highest BCUT2D eigenvalue weighted by Crippen LogP contribution is 2.21. The normalized spacial score (nSPS) is 9.30. The molecule has 0 fully saturated rings. The fourth-order valence-corrected chi connectivity index (χ4v) is 1.42. The second-order valence-electron chi connectivity index (χ2n) is 4.24. The van der Waals surface area contributed by atoms with Crippen molar-refractivity contribution in [1.82, 2.24) is 0 Å². The van der Waals surface area contributed by atoms with E-state index in [4.69, 9.17) is 15.3 Å². The summed E-state index contributed by atoms with van der Waals surface area (Å²) in [7, 11) is 4.07. The lowest BCUT2D eigenvalue weighted by atomic mass is 10.2. The third-order valence-electron chi connectivity index (χ3n) is 2.48. The van der Waals surface area contributed by atoms with E-state index in [1.54, 1.807) is 0 Å². The topological polar surface area (TPSA) is 81.0 Å². The Bertz CT molecular complexity index is 567. The van der Waals surface area contributed by atoms with E-state index in [-0.39, 0.29) is 17.1 Å². The van der Waals surface area contributed by atoms with Gasteiger partial charge >= 0.3 is 5.97 Å². The van der Waals surface area contributed by atoms with Crippen molar-refractivity contribution in [3.63, 3.8) is 0 Å². The molecule has 5 heteroatoms. The zero-order valence-corrected chi connectivity index (χ0v) is 11.3. The summed E-state index contributed by atoms with van der Waals surface area (Å²) in [6.45, 7) is 0. The number of carboxylic acid groups (broad SMARTS) is 1. The lowest BCUT2D eigenvalue weighted by molar-refractivity contribution is 0.0693. The van der Waals surface area contributed by atoms with Gasteiger partial charge in [0.2, 0.25) is 0 Å². The molecule has 0 aliphatic heterocycles. The highest BCUT2D eigenvalue weighted by molar-refractivity contribution is 5.91. The lowest BCUT2D eigenvalue weighted by Crippen LogP contribution is -2.07. The number of rotatable bonds is 2. The third kappa shape index (κ3) is 4.53. The van der Waals surface area contributed by atoms with E-state index in [9.17, 15) is 4.79 Å². The lowest BCUT2D eigenvalue weighted by Gasteiger charge is -2.10. The smallest absolute Gasteiger partial charge is 0.339 e. The molecule has 2 aromatic rings. The number of nitrogens with zero attached hydrogens (tertiary/aromatic N) is 1. The van der Waals surface area contributed by atoms with E-state index in [0.717, 1.165) is 12.1 Å². The van der Waals surface area contributed by atoms with Gasteiger partial charge in [0, 0.05) is 19.8 Å². The molecular weight excluding hydrogens is 258 g/mol. The van der Waals surface area contributed by atoms with Gasteiger partial charge in [-0.15, -0.1) is 0 Å². The predicted octanol–water partition coefficient (Wildman–Crippen LogP) is 2.55. The zero-order chi connectivity index (χ0) is 15.1. The summed E-state index contributed by atoms with van der Waals surface area (Å²) in [4.78, 5) is 12.4. The average Bonchev–Trinajstić information content (AvgIpc) is 2.43. The van der Waals surface area contributed by atoms with Gasteiger partial charge in [0.05, 0.1) is 0 Å². The zero-order valence-electron chi connectivity index (χ0n) is 11.3. The molecule has 0 heterocycles. The van der Waals surface area contributed by atoms with Gasteiger partial charge in [0.25, 0.3) is 0 Å². The van der Waals surface area contributed by atoms with Crippen LogP contribution in [0.3, 0.4) is 0 Å². The van der Waals surface area contributed by atoms with Crippen LogP contribution in [0.1, 0.15) is 10.4 Å². The molecule has 20 heavy (non-hydrogen) atoms. The van der Waals surface area contributed by atoms with E-state index < -0.39 is 5.97 Å². The molecule has 0 aliphatic rings. The largest absolute Gasteiger partial charge is 0.508 e. The van der Waals surface area contributed by atoms with Crippen molar-refractivity contribution < 1.29 is 20.1 Å². The van der Waals surface area contributed by atoms with Gasteiger partial charge in [-0.05, 0) is 30.3 Å². The first kappa shape index (κ1) is 15.4. The van der Waals surface area contributed by atoms with Crippen LogP contribution in [0.4, 0.5) is 5.69 Å². The molecule has 0 aliphatic carbocycles. The van der Waals surface area contributed by atoms with Crippen LogP contribution in [0.2, 0.25) is 0 Å². The number of aromatic hydroxyl groups is 2.